The second kappa shape index (κ2) is 8.25. The van der Waals surface area contributed by atoms with Crippen molar-refractivity contribution in [1.29, 1.82) is 0 Å². The Labute approximate surface area is 154 Å². The van der Waals surface area contributed by atoms with Crippen LogP contribution in [0.2, 0.25) is 0 Å². The largest absolute Gasteiger partial charge is 0.497 e. The van der Waals surface area contributed by atoms with Crippen molar-refractivity contribution in [2.24, 2.45) is 0 Å². The molecule has 1 aliphatic heterocycles. The number of urea groups is 1. The Balaban J connectivity index is 1.74. The molecule has 1 aliphatic rings. The zero-order chi connectivity index (χ0) is 18.5. The third-order valence-electron chi connectivity index (χ3n) is 5.11. The number of carbonyl (C=O) groups excluding carboxylic acids is 1. The zero-order valence-corrected chi connectivity index (χ0v) is 15.7. The van der Waals surface area contributed by atoms with E-state index in [1.54, 1.807) is 7.11 Å². The summed E-state index contributed by atoms with van der Waals surface area (Å²) in [6, 6.07) is 8.09. The van der Waals surface area contributed by atoms with Gasteiger partial charge in [0, 0.05) is 18.7 Å². The third-order valence-corrected chi connectivity index (χ3v) is 5.11. The summed E-state index contributed by atoms with van der Waals surface area (Å²) in [7, 11) is 1.66. The molecule has 6 nitrogen and oxygen atoms in total. The summed E-state index contributed by atoms with van der Waals surface area (Å²) in [6.07, 6.45) is 4.29. The molecular formula is C20H27N3O3. The Morgan fingerprint density at radius 1 is 1.27 bits per heavy atom. The highest BCUT2D eigenvalue weighted by Gasteiger charge is 2.27. The lowest BCUT2D eigenvalue weighted by atomic mass is 10.0. The van der Waals surface area contributed by atoms with Crippen molar-refractivity contribution in [3.63, 3.8) is 0 Å². The number of likely N-dealkylation sites (tertiary alicyclic amines) is 1. The summed E-state index contributed by atoms with van der Waals surface area (Å²) in [5.41, 5.74) is 2.93. The van der Waals surface area contributed by atoms with Crippen LogP contribution in [0.3, 0.4) is 0 Å². The van der Waals surface area contributed by atoms with E-state index < -0.39 is 0 Å². The van der Waals surface area contributed by atoms with Gasteiger partial charge in [-0.1, -0.05) is 30.1 Å². The summed E-state index contributed by atoms with van der Waals surface area (Å²) in [4.78, 5) is 14.9. The van der Waals surface area contributed by atoms with Gasteiger partial charge in [0.1, 0.15) is 11.5 Å². The van der Waals surface area contributed by atoms with Gasteiger partial charge in [-0.15, -0.1) is 0 Å². The molecule has 1 aromatic carbocycles. The molecule has 0 radical (unpaired) electrons. The lowest BCUT2D eigenvalue weighted by Gasteiger charge is -2.30. The zero-order valence-electron chi connectivity index (χ0n) is 15.7. The predicted octanol–water partition coefficient (Wildman–Crippen LogP) is 4.13. The number of methoxy groups -OCH3 is 1. The minimum Gasteiger partial charge on any atom is -0.497 e. The molecule has 1 atom stereocenters. The predicted molar refractivity (Wildman–Crippen MR) is 99.1 cm³/mol. The van der Waals surface area contributed by atoms with Crippen molar-refractivity contribution in [2.75, 3.05) is 13.7 Å². The fraction of sp³-hybridized carbons (Fsp3) is 0.500. The van der Waals surface area contributed by atoms with Crippen molar-refractivity contribution < 1.29 is 14.1 Å². The number of aryl methyl sites for hydroxylation is 2. The highest BCUT2D eigenvalue weighted by molar-refractivity contribution is 5.75. The molecule has 1 saturated heterocycles. The Hall–Kier alpha value is -2.50. The van der Waals surface area contributed by atoms with Gasteiger partial charge in [-0.25, -0.2) is 4.79 Å². The average molecular weight is 357 g/mol. The van der Waals surface area contributed by atoms with Crippen LogP contribution in [0.4, 0.5) is 4.79 Å². The number of hydrogen-bond donors (Lipinski definition) is 1. The number of carbonyl (C=O) groups is 1. The Morgan fingerprint density at radius 3 is 2.69 bits per heavy atom. The topological polar surface area (TPSA) is 67.6 Å². The molecule has 0 saturated carbocycles. The van der Waals surface area contributed by atoms with Gasteiger partial charge < -0.3 is 19.5 Å². The van der Waals surface area contributed by atoms with Gasteiger partial charge in [-0.2, -0.15) is 0 Å². The van der Waals surface area contributed by atoms with E-state index in [-0.39, 0.29) is 12.1 Å². The first-order valence-electron chi connectivity index (χ1n) is 9.20. The fourth-order valence-corrected chi connectivity index (χ4v) is 3.54. The van der Waals surface area contributed by atoms with E-state index in [0.29, 0.717) is 6.54 Å². The van der Waals surface area contributed by atoms with Crippen LogP contribution >= 0.6 is 0 Å². The maximum absolute atomic E-state index is 12.9. The van der Waals surface area contributed by atoms with Gasteiger partial charge in [0.05, 0.1) is 18.8 Å². The molecule has 0 spiro atoms. The molecule has 3 rings (SSSR count). The maximum Gasteiger partial charge on any atom is 0.318 e. The quantitative estimate of drug-likeness (QED) is 0.893. The summed E-state index contributed by atoms with van der Waals surface area (Å²) >= 11 is 0. The summed E-state index contributed by atoms with van der Waals surface area (Å²) < 4.78 is 10.4. The Bertz CT molecular complexity index is 720. The number of nitrogens with zero attached hydrogens (tertiary/aromatic N) is 2. The maximum atomic E-state index is 12.9. The van der Waals surface area contributed by atoms with Crippen molar-refractivity contribution >= 4 is 6.03 Å². The average Bonchev–Trinajstić information content (AvgIpc) is 2.86. The molecular weight excluding hydrogens is 330 g/mol. The van der Waals surface area contributed by atoms with Crippen molar-refractivity contribution in [2.45, 2.75) is 52.1 Å². The normalized spacial score (nSPS) is 17.7. The van der Waals surface area contributed by atoms with Crippen LogP contribution in [0.5, 0.6) is 5.75 Å². The number of amides is 2. The lowest BCUT2D eigenvalue weighted by Crippen LogP contribution is -2.42. The van der Waals surface area contributed by atoms with Crippen molar-refractivity contribution in [3.05, 3.63) is 46.8 Å². The standard InChI is InChI=1S/C20H27N3O3/c1-14-18(15(2)26-22-14)13-21-20(24)23-12-6-4-5-7-19(23)16-8-10-17(25-3)11-9-16/h8-11,19H,4-7,12-13H2,1-3H3,(H,21,24). The Kier molecular flexibility index (Phi) is 5.81. The highest BCUT2D eigenvalue weighted by atomic mass is 16.5. The van der Waals surface area contributed by atoms with E-state index in [2.05, 4.69) is 22.6 Å². The first-order valence-corrected chi connectivity index (χ1v) is 9.20. The van der Waals surface area contributed by atoms with Crippen LogP contribution in [0.25, 0.3) is 0 Å². The molecule has 1 N–H and O–H groups in total. The molecule has 2 amide bonds. The first-order chi connectivity index (χ1) is 12.6. The monoisotopic (exact) mass is 357 g/mol. The minimum absolute atomic E-state index is 0.0345. The van der Waals surface area contributed by atoms with Gasteiger partial charge >= 0.3 is 6.03 Å². The molecule has 1 unspecified atom stereocenters. The van der Waals surface area contributed by atoms with Gasteiger partial charge in [0.15, 0.2) is 0 Å². The molecule has 0 bridgehead atoms. The van der Waals surface area contributed by atoms with Crippen LogP contribution in [-0.4, -0.2) is 29.7 Å². The summed E-state index contributed by atoms with van der Waals surface area (Å²) in [5.74, 6) is 1.59. The van der Waals surface area contributed by atoms with E-state index in [1.807, 2.05) is 30.9 Å². The van der Waals surface area contributed by atoms with E-state index in [0.717, 1.165) is 60.6 Å². The number of nitrogens with one attached hydrogen (secondary N) is 1. The molecule has 1 fully saturated rings. The summed E-state index contributed by atoms with van der Waals surface area (Å²) in [5, 5.41) is 7.00. The Morgan fingerprint density at radius 2 is 2.04 bits per heavy atom. The van der Waals surface area contributed by atoms with E-state index in [9.17, 15) is 4.79 Å². The molecule has 2 aromatic rings. The van der Waals surface area contributed by atoms with Gasteiger partial charge in [-0.05, 0) is 44.4 Å². The van der Waals surface area contributed by atoms with Crippen LogP contribution < -0.4 is 10.1 Å². The second-order valence-electron chi connectivity index (χ2n) is 6.79. The first kappa shape index (κ1) is 18.3. The number of rotatable bonds is 4. The van der Waals surface area contributed by atoms with E-state index in [4.69, 9.17) is 9.26 Å². The molecule has 0 aliphatic carbocycles. The van der Waals surface area contributed by atoms with E-state index >= 15 is 0 Å². The minimum atomic E-state index is -0.0345. The van der Waals surface area contributed by atoms with Crippen molar-refractivity contribution in [3.8, 4) is 5.75 Å². The number of aromatic nitrogens is 1. The second-order valence-corrected chi connectivity index (χ2v) is 6.79. The van der Waals surface area contributed by atoms with Crippen LogP contribution in [0.1, 0.15) is 54.3 Å². The highest BCUT2D eigenvalue weighted by Crippen LogP contribution is 2.31. The van der Waals surface area contributed by atoms with Crippen LogP contribution in [0.15, 0.2) is 28.8 Å². The summed E-state index contributed by atoms with van der Waals surface area (Å²) in [6.45, 7) is 4.97. The molecule has 6 heteroatoms. The smallest absolute Gasteiger partial charge is 0.318 e. The van der Waals surface area contributed by atoms with Gasteiger partial charge in [0.25, 0.3) is 0 Å². The molecule has 140 valence electrons. The SMILES string of the molecule is COc1ccc(C2CCCCCN2C(=O)NCc2c(C)noc2C)cc1. The molecule has 2 heterocycles. The van der Waals surface area contributed by atoms with E-state index in [1.165, 1.54) is 0 Å². The fourth-order valence-electron chi connectivity index (χ4n) is 3.54. The number of hydrogen-bond acceptors (Lipinski definition) is 4. The molecule has 1 aromatic heterocycles. The van der Waals surface area contributed by atoms with Gasteiger partial charge in [-0.3, -0.25) is 0 Å². The van der Waals surface area contributed by atoms with Crippen LogP contribution in [-0.2, 0) is 6.54 Å². The van der Waals surface area contributed by atoms with Crippen molar-refractivity contribution in [1.82, 2.24) is 15.4 Å². The number of benzene rings is 1. The number of ether oxygens (including phenoxy) is 1. The third kappa shape index (κ3) is 4.00. The van der Waals surface area contributed by atoms with Crippen LogP contribution in [0, 0.1) is 13.8 Å². The molecule has 26 heavy (non-hydrogen) atoms. The lowest BCUT2D eigenvalue weighted by molar-refractivity contribution is 0.175. The van der Waals surface area contributed by atoms with Gasteiger partial charge in [0.2, 0.25) is 0 Å².